The van der Waals surface area contributed by atoms with E-state index >= 15 is 0 Å². The molecule has 2 aromatic rings. The lowest BCUT2D eigenvalue weighted by Gasteiger charge is -2.14. The highest BCUT2D eigenvalue weighted by atomic mass is 35.5. The van der Waals surface area contributed by atoms with Crippen molar-refractivity contribution in [1.29, 1.82) is 5.41 Å². The summed E-state index contributed by atoms with van der Waals surface area (Å²) in [5.74, 6) is 0.177. The summed E-state index contributed by atoms with van der Waals surface area (Å²) in [6.07, 6.45) is 3.68. The zero-order valence-electron chi connectivity index (χ0n) is 17.5. The summed E-state index contributed by atoms with van der Waals surface area (Å²) in [5, 5.41) is 7.47. The number of nitrogen functional groups attached to an aromatic ring is 1. The van der Waals surface area contributed by atoms with Crippen LogP contribution in [0.15, 0.2) is 42.5 Å². The first kappa shape index (κ1) is 26.3. The van der Waals surface area contributed by atoms with E-state index in [2.05, 4.69) is 9.46 Å². The minimum absolute atomic E-state index is 0. The van der Waals surface area contributed by atoms with E-state index < -0.39 is 10.0 Å². The highest BCUT2D eigenvalue weighted by molar-refractivity contribution is 7.92. The van der Waals surface area contributed by atoms with Crippen LogP contribution in [0.5, 0.6) is 5.75 Å². The van der Waals surface area contributed by atoms with Crippen LogP contribution in [0.25, 0.3) is 11.1 Å². The van der Waals surface area contributed by atoms with Crippen molar-refractivity contribution in [2.75, 3.05) is 24.7 Å². The van der Waals surface area contributed by atoms with Crippen molar-refractivity contribution in [1.82, 2.24) is 0 Å². The number of halogens is 1. The van der Waals surface area contributed by atoms with Gasteiger partial charge in [0, 0.05) is 12.0 Å². The van der Waals surface area contributed by atoms with Crippen LogP contribution < -0.4 is 15.2 Å². The molecule has 4 N–H and O–H groups in total. The number of methoxy groups -OCH3 is 1. The number of unbranched alkanes of at least 4 members (excludes halogenated alkanes) is 2. The van der Waals surface area contributed by atoms with Gasteiger partial charge in [0.25, 0.3) is 0 Å². The molecule has 0 saturated carbocycles. The first-order chi connectivity index (χ1) is 14.2. The summed E-state index contributed by atoms with van der Waals surface area (Å²) >= 11 is 0. The highest BCUT2D eigenvalue weighted by Crippen LogP contribution is 2.32. The number of hydrogen-bond donors (Lipinski definition) is 3. The number of carbonyl (C=O) groups is 1. The summed E-state index contributed by atoms with van der Waals surface area (Å²) in [4.78, 5) is 11.1. The van der Waals surface area contributed by atoms with Gasteiger partial charge in [-0.15, -0.1) is 12.4 Å². The van der Waals surface area contributed by atoms with E-state index in [1.54, 1.807) is 24.3 Å². The molecule has 0 bridgehead atoms. The second kappa shape index (κ2) is 12.2. The van der Waals surface area contributed by atoms with Crippen molar-refractivity contribution in [2.45, 2.75) is 25.7 Å². The second-order valence-corrected chi connectivity index (χ2v) is 8.56. The predicted octanol–water partition coefficient (Wildman–Crippen LogP) is 3.54. The molecule has 0 unspecified atom stereocenters. The van der Waals surface area contributed by atoms with Gasteiger partial charge in [0.1, 0.15) is 11.6 Å². The number of hydrogen-bond acceptors (Lipinski definition) is 6. The Morgan fingerprint density at radius 1 is 1.06 bits per heavy atom. The third kappa shape index (κ3) is 8.85. The predicted molar refractivity (Wildman–Crippen MR) is 125 cm³/mol. The maximum atomic E-state index is 11.8. The summed E-state index contributed by atoms with van der Waals surface area (Å²) in [6, 6.07) is 12.4. The Balaban J connectivity index is 0.00000480. The minimum atomic E-state index is -3.49. The van der Waals surface area contributed by atoms with Crippen molar-refractivity contribution in [3.8, 4) is 16.9 Å². The topological polar surface area (TPSA) is 132 Å². The fourth-order valence-electron chi connectivity index (χ4n) is 2.79. The molecule has 0 aromatic heterocycles. The smallest absolute Gasteiger partial charge is 0.305 e. The largest absolute Gasteiger partial charge is 0.491 e. The molecule has 0 fully saturated rings. The third-order valence-electron chi connectivity index (χ3n) is 4.31. The number of rotatable bonds is 11. The summed E-state index contributed by atoms with van der Waals surface area (Å²) in [5.41, 5.74) is 8.09. The standard InChI is InChI=1S/C21H27N3O5S.ClH/c1-28-20(25)6-4-3-5-13-29-19-12-11-17(14-18(19)24-30(2,26)27)15-7-9-16(10-8-15)21(22)23;/h7-12,14,24H,3-6,13H2,1-2H3,(H3,22,23);1H. The summed E-state index contributed by atoms with van der Waals surface area (Å²) in [7, 11) is -2.13. The number of anilines is 1. The third-order valence-corrected chi connectivity index (χ3v) is 4.91. The van der Waals surface area contributed by atoms with E-state index in [0.717, 1.165) is 30.2 Å². The van der Waals surface area contributed by atoms with Crippen LogP contribution in [-0.4, -0.2) is 40.2 Å². The van der Waals surface area contributed by atoms with Crippen LogP contribution in [0.1, 0.15) is 31.2 Å². The Kier molecular flexibility index (Phi) is 10.3. The molecule has 2 rings (SSSR count). The molecule has 0 saturated heterocycles. The second-order valence-electron chi connectivity index (χ2n) is 6.81. The van der Waals surface area contributed by atoms with E-state index in [0.29, 0.717) is 36.4 Å². The van der Waals surface area contributed by atoms with E-state index in [-0.39, 0.29) is 24.2 Å². The van der Waals surface area contributed by atoms with E-state index in [4.69, 9.17) is 15.9 Å². The number of esters is 1. The molecule has 0 aliphatic rings. The van der Waals surface area contributed by atoms with Gasteiger partial charge in [0.15, 0.2) is 0 Å². The van der Waals surface area contributed by atoms with Gasteiger partial charge < -0.3 is 15.2 Å². The zero-order chi connectivity index (χ0) is 22.1. The van der Waals surface area contributed by atoms with E-state index in [1.807, 2.05) is 18.2 Å². The van der Waals surface area contributed by atoms with Crippen LogP contribution in [0.3, 0.4) is 0 Å². The molecule has 10 heteroatoms. The Morgan fingerprint density at radius 3 is 2.29 bits per heavy atom. The first-order valence-electron chi connectivity index (χ1n) is 9.46. The molecule has 0 heterocycles. The van der Waals surface area contributed by atoms with Crippen molar-refractivity contribution < 1.29 is 22.7 Å². The van der Waals surface area contributed by atoms with Crippen molar-refractivity contribution >= 4 is 39.9 Å². The molecule has 2 aromatic carbocycles. The zero-order valence-corrected chi connectivity index (χ0v) is 19.1. The van der Waals surface area contributed by atoms with Crippen molar-refractivity contribution in [2.24, 2.45) is 5.73 Å². The fourth-order valence-corrected chi connectivity index (χ4v) is 3.35. The Labute approximate surface area is 189 Å². The van der Waals surface area contributed by atoms with Gasteiger partial charge in [-0.3, -0.25) is 14.9 Å². The number of ether oxygens (including phenoxy) is 2. The van der Waals surface area contributed by atoms with Gasteiger partial charge in [-0.2, -0.15) is 0 Å². The van der Waals surface area contributed by atoms with Crippen LogP contribution in [0.2, 0.25) is 0 Å². The van der Waals surface area contributed by atoms with Crippen LogP contribution >= 0.6 is 12.4 Å². The lowest BCUT2D eigenvalue weighted by atomic mass is 10.0. The van der Waals surface area contributed by atoms with Crippen LogP contribution in [-0.2, 0) is 19.6 Å². The van der Waals surface area contributed by atoms with Gasteiger partial charge in [-0.1, -0.05) is 30.3 Å². The fraction of sp³-hybridized carbons (Fsp3) is 0.333. The molecule has 0 spiro atoms. The monoisotopic (exact) mass is 469 g/mol. The number of benzene rings is 2. The molecule has 31 heavy (non-hydrogen) atoms. The van der Waals surface area contributed by atoms with Gasteiger partial charge in [-0.05, 0) is 42.5 Å². The highest BCUT2D eigenvalue weighted by Gasteiger charge is 2.11. The van der Waals surface area contributed by atoms with Gasteiger partial charge in [0.05, 0.1) is 25.7 Å². The molecule has 8 nitrogen and oxygen atoms in total. The number of sulfonamides is 1. The minimum Gasteiger partial charge on any atom is -0.491 e. The average molecular weight is 470 g/mol. The number of nitrogens with two attached hydrogens (primary N) is 1. The molecular weight excluding hydrogens is 442 g/mol. The quantitative estimate of drug-likeness (QED) is 0.199. The van der Waals surface area contributed by atoms with Crippen molar-refractivity contribution in [3.63, 3.8) is 0 Å². The maximum Gasteiger partial charge on any atom is 0.305 e. The number of nitrogens with one attached hydrogen (secondary N) is 2. The Hall–Kier alpha value is -2.78. The van der Waals surface area contributed by atoms with Crippen LogP contribution in [0.4, 0.5) is 5.69 Å². The van der Waals surface area contributed by atoms with Gasteiger partial charge >= 0.3 is 5.97 Å². The van der Waals surface area contributed by atoms with E-state index in [9.17, 15) is 13.2 Å². The SMILES string of the molecule is COC(=O)CCCCCOc1ccc(-c2ccc(C(=N)N)cc2)cc1NS(C)(=O)=O.Cl. The molecule has 0 amide bonds. The molecule has 0 aliphatic heterocycles. The molecule has 0 radical (unpaired) electrons. The lowest BCUT2D eigenvalue weighted by Crippen LogP contribution is -2.11. The Morgan fingerprint density at radius 2 is 1.71 bits per heavy atom. The van der Waals surface area contributed by atoms with Gasteiger partial charge in [0.2, 0.25) is 10.0 Å². The lowest BCUT2D eigenvalue weighted by molar-refractivity contribution is -0.140. The average Bonchev–Trinajstić information content (AvgIpc) is 2.70. The van der Waals surface area contributed by atoms with Gasteiger partial charge in [-0.25, -0.2) is 8.42 Å². The summed E-state index contributed by atoms with van der Waals surface area (Å²) < 4.78 is 36.4. The number of amidine groups is 1. The molecule has 0 atom stereocenters. The Bertz CT molecular complexity index is 995. The summed E-state index contributed by atoms with van der Waals surface area (Å²) in [6.45, 7) is 0.395. The molecule has 0 aliphatic carbocycles. The van der Waals surface area contributed by atoms with Crippen molar-refractivity contribution in [3.05, 3.63) is 48.0 Å². The molecular formula is C21H28ClN3O5S. The molecule has 170 valence electrons. The first-order valence-corrected chi connectivity index (χ1v) is 11.3. The number of carbonyl (C=O) groups excluding carboxylic acids is 1. The van der Waals surface area contributed by atoms with E-state index in [1.165, 1.54) is 7.11 Å². The normalized spacial score (nSPS) is 10.6. The van der Waals surface area contributed by atoms with Crippen LogP contribution in [0, 0.1) is 5.41 Å². The maximum absolute atomic E-state index is 11.8.